The molecule has 0 aromatic heterocycles. The highest BCUT2D eigenvalue weighted by Crippen LogP contribution is 2.43. The van der Waals surface area contributed by atoms with Crippen molar-refractivity contribution < 1.29 is 19.1 Å². The van der Waals surface area contributed by atoms with E-state index >= 15 is 0 Å². The molecular formula is C33H39NO4. The van der Waals surface area contributed by atoms with E-state index < -0.39 is 17.7 Å². The highest BCUT2D eigenvalue weighted by Gasteiger charge is 2.36. The van der Waals surface area contributed by atoms with Gasteiger partial charge in [0, 0.05) is 18.7 Å². The fraction of sp³-hybridized carbons (Fsp3) is 0.394. The van der Waals surface area contributed by atoms with Crippen LogP contribution in [0.3, 0.4) is 0 Å². The minimum atomic E-state index is -0.893. The van der Waals surface area contributed by atoms with Crippen LogP contribution in [0.15, 0.2) is 54.6 Å². The van der Waals surface area contributed by atoms with Crippen LogP contribution >= 0.6 is 0 Å². The van der Waals surface area contributed by atoms with Crippen molar-refractivity contribution in [3.8, 4) is 11.1 Å². The average Bonchev–Trinajstić information content (AvgIpc) is 2.86. The third-order valence-electron chi connectivity index (χ3n) is 7.14. The Balaban J connectivity index is 1.93. The number of nitrogens with zero attached hydrogens (tertiary/aromatic N) is 1. The molecule has 1 unspecified atom stereocenters. The Hall–Kier alpha value is -3.44. The molecule has 1 atom stereocenters. The summed E-state index contributed by atoms with van der Waals surface area (Å²) in [6.07, 6.45) is -0.562. The van der Waals surface area contributed by atoms with Crippen LogP contribution in [0, 0.1) is 20.8 Å². The molecule has 38 heavy (non-hydrogen) atoms. The van der Waals surface area contributed by atoms with E-state index in [1.54, 1.807) is 0 Å². The fourth-order valence-corrected chi connectivity index (χ4v) is 5.32. The minimum absolute atomic E-state index is 0.111. The molecule has 0 N–H and O–H groups in total. The third kappa shape index (κ3) is 5.83. The Morgan fingerprint density at radius 3 is 2.21 bits per heavy atom. The van der Waals surface area contributed by atoms with Crippen molar-refractivity contribution in [1.29, 1.82) is 0 Å². The Kier molecular flexibility index (Phi) is 8.08. The monoisotopic (exact) mass is 513 g/mol. The molecule has 3 aromatic rings. The summed E-state index contributed by atoms with van der Waals surface area (Å²) in [5.41, 5.74) is 8.59. The maximum atomic E-state index is 13.4. The van der Waals surface area contributed by atoms with E-state index in [1.165, 1.54) is 0 Å². The summed E-state index contributed by atoms with van der Waals surface area (Å²) in [5, 5.41) is 0. The lowest BCUT2D eigenvalue weighted by atomic mass is 9.80. The number of carbonyl (C=O) groups is 2. The minimum Gasteiger partial charge on any atom is -0.464 e. The van der Waals surface area contributed by atoms with E-state index in [0.29, 0.717) is 19.5 Å². The number of ether oxygens (including phenoxy) is 2. The normalized spacial score (nSPS) is 14.3. The van der Waals surface area contributed by atoms with Crippen LogP contribution in [0.2, 0.25) is 0 Å². The van der Waals surface area contributed by atoms with Gasteiger partial charge in [-0.25, -0.2) is 4.79 Å². The van der Waals surface area contributed by atoms with Gasteiger partial charge in [-0.15, -0.1) is 0 Å². The van der Waals surface area contributed by atoms with Gasteiger partial charge in [0.15, 0.2) is 6.10 Å². The van der Waals surface area contributed by atoms with Gasteiger partial charge >= 0.3 is 5.97 Å². The molecule has 1 aliphatic heterocycles. The van der Waals surface area contributed by atoms with Gasteiger partial charge < -0.3 is 14.4 Å². The van der Waals surface area contributed by atoms with Gasteiger partial charge in [-0.05, 0) is 87.4 Å². The molecule has 0 bridgehead atoms. The molecule has 0 spiro atoms. The highest BCUT2D eigenvalue weighted by molar-refractivity contribution is 5.88. The lowest BCUT2D eigenvalue weighted by molar-refractivity contribution is -0.166. The molecule has 1 amide bonds. The number of esters is 1. The molecule has 3 aromatic carbocycles. The summed E-state index contributed by atoms with van der Waals surface area (Å²) in [6, 6.07) is 18.4. The Bertz CT molecular complexity index is 1320. The van der Waals surface area contributed by atoms with Gasteiger partial charge in [-0.1, -0.05) is 60.2 Å². The molecule has 0 saturated carbocycles. The van der Waals surface area contributed by atoms with E-state index in [4.69, 9.17) is 9.47 Å². The van der Waals surface area contributed by atoms with E-state index in [9.17, 15) is 9.59 Å². The number of fused-ring (bicyclic) bond motifs is 1. The van der Waals surface area contributed by atoms with Crippen molar-refractivity contribution in [3.63, 3.8) is 0 Å². The topological polar surface area (TPSA) is 55.8 Å². The Labute approximate surface area is 226 Å². The third-order valence-corrected chi connectivity index (χ3v) is 7.14. The number of hydrogen-bond donors (Lipinski definition) is 0. The van der Waals surface area contributed by atoms with Crippen LogP contribution in [0.1, 0.15) is 72.7 Å². The number of carbonyl (C=O) groups excluding carboxylic acids is 2. The number of benzene rings is 3. The first-order valence-corrected chi connectivity index (χ1v) is 13.4. The van der Waals surface area contributed by atoms with Crippen LogP contribution in [0.25, 0.3) is 11.1 Å². The van der Waals surface area contributed by atoms with E-state index in [-0.39, 0.29) is 12.5 Å². The van der Waals surface area contributed by atoms with E-state index in [2.05, 4.69) is 45.0 Å². The number of hydrogen-bond acceptors (Lipinski definition) is 4. The second-order valence-corrected chi connectivity index (χ2v) is 11.1. The van der Waals surface area contributed by atoms with Gasteiger partial charge in [0.25, 0.3) is 0 Å². The van der Waals surface area contributed by atoms with Gasteiger partial charge in [0.05, 0.1) is 18.6 Å². The molecule has 200 valence electrons. The molecule has 4 rings (SSSR count). The molecule has 0 radical (unpaired) electrons. The molecular weight excluding hydrogens is 474 g/mol. The zero-order valence-electron chi connectivity index (χ0n) is 23.7. The SMILES string of the molecule is CCOC(=O)C(OC(C)(C)C)c1c(C)c2c(c(C)c1-c1ccc(C)cc1)CC(=O)N(Cc1ccccc1)C2. The van der Waals surface area contributed by atoms with Crippen molar-refractivity contribution in [2.24, 2.45) is 0 Å². The van der Waals surface area contributed by atoms with Gasteiger partial charge in [-0.3, -0.25) is 4.79 Å². The van der Waals surface area contributed by atoms with Crippen molar-refractivity contribution in [1.82, 2.24) is 4.90 Å². The quantitative estimate of drug-likeness (QED) is 0.327. The summed E-state index contributed by atoms with van der Waals surface area (Å²) in [5.74, 6) is -0.286. The predicted molar refractivity (Wildman–Crippen MR) is 151 cm³/mol. The summed E-state index contributed by atoms with van der Waals surface area (Å²) in [4.78, 5) is 28.7. The van der Waals surface area contributed by atoms with Crippen molar-refractivity contribution in [2.45, 2.75) is 79.7 Å². The van der Waals surface area contributed by atoms with E-state index in [0.717, 1.165) is 50.1 Å². The lowest BCUT2D eigenvalue weighted by Crippen LogP contribution is -2.37. The van der Waals surface area contributed by atoms with Crippen molar-refractivity contribution in [3.05, 3.63) is 93.5 Å². The predicted octanol–water partition coefficient (Wildman–Crippen LogP) is 6.78. The zero-order chi connectivity index (χ0) is 27.6. The molecule has 5 nitrogen and oxygen atoms in total. The lowest BCUT2D eigenvalue weighted by Gasteiger charge is -2.35. The van der Waals surface area contributed by atoms with Crippen LogP contribution in [-0.2, 0) is 38.6 Å². The highest BCUT2D eigenvalue weighted by atomic mass is 16.6. The molecule has 0 fully saturated rings. The Morgan fingerprint density at radius 2 is 1.61 bits per heavy atom. The van der Waals surface area contributed by atoms with E-state index in [1.807, 2.05) is 62.9 Å². The van der Waals surface area contributed by atoms with Crippen LogP contribution in [0.5, 0.6) is 0 Å². The fourth-order valence-electron chi connectivity index (χ4n) is 5.32. The first-order chi connectivity index (χ1) is 18.0. The van der Waals surface area contributed by atoms with Crippen molar-refractivity contribution in [2.75, 3.05) is 6.61 Å². The van der Waals surface area contributed by atoms with Crippen LogP contribution in [-0.4, -0.2) is 29.0 Å². The molecule has 1 aliphatic rings. The van der Waals surface area contributed by atoms with Gasteiger partial charge in [0.2, 0.25) is 5.91 Å². The molecule has 0 saturated heterocycles. The molecule has 0 aliphatic carbocycles. The smallest absolute Gasteiger partial charge is 0.339 e. The second kappa shape index (κ2) is 11.1. The van der Waals surface area contributed by atoms with Gasteiger partial charge in [-0.2, -0.15) is 0 Å². The Morgan fingerprint density at radius 1 is 0.947 bits per heavy atom. The van der Waals surface area contributed by atoms with Crippen molar-refractivity contribution >= 4 is 11.9 Å². The molecule has 1 heterocycles. The summed E-state index contributed by atoms with van der Waals surface area (Å²) in [6.45, 7) is 15.1. The number of rotatable bonds is 7. The number of amides is 1. The van der Waals surface area contributed by atoms with Gasteiger partial charge in [0.1, 0.15) is 0 Å². The summed E-state index contributed by atoms with van der Waals surface area (Å²) < 4.78 is 12.0. The summed E-state index contributed by atoms with van der Waals surface area (Å²) in [7, 11) is 0. The van der Waals surface area contributed by atoms with Crippen LogP contribution < -0.4 is 0 Å². The number of aryl methyl sites for hydroxylation is 1. The van der Waals surface area contributed by atoms with Crippen LogP contribution in [0.4, 0.5) is 0 Å². The zero-order valence-corrected chi connectivity index (χ0v) is 23.7. The molecule has 5 heteroatoms. The first kappa shape index (κ1) is 27.6. The average molecular weight is 514 g/mol. The largest absolute Gasteiger partial charge is 0.464 e. The standard InChI is InChI=1S/C33H39NO4/c1-8-37-32(36)31(38-33(5,6)7)30-23(4)27-20-34(19-24-12-10-9-11-13-24)28(35)18-26(27)22(3)29(30)25-16-14-21(2)15-17-25/h9-17,31H,8,18-20H2,1-7H3. The first-order valence-electron chi connectivity index (χ1n) is 13.4. The maximum absolute atomic E-state index is 13.4. The maximum Gasteiger partial charge on any atom is 0.339 e. The summed E-state index contributed by atoms with van der Waals surface area (Å²) >= 11 is 0. The second-order valence-electron chi connectivity index (χ2n) is 11.1.